The highest BCUT2D eigenvalue weighted by atomic mass is 79.9. The lowest BCUT2D eigenvalue weighted by molar-refractivity contribution is 0.0660. The molecule has 0 spiro atoms. The Morgan fingerprint density at radius 3 is 2.76 bits per heavy atom. The minimum Gasteiger partial charge on any atom is -0.475 e. The summed E-state index contributed by atoms with van der Waals surface area (Å²) in [5.74, 6) is -0.846. The van der Waals surface area contributed by atoms with Gasteiger partial charge in [-0.3, -0.25) is 4.79 Å². The van der Waals surface area contributed by atoms with Gasteiger partial charge in [-0.15, -0.1) is 0 Å². The maximum absolute atomic E-state index is 12.4. The maximum atomic E-state index is 12.4. The van der Waals surface area contributed by atoms with Crippen molar-refractivity contribution in [2.45, 2.75) is 6.54 Å². The van der Waals surface area contributed by atoms with Gasteiger partial charge in [-0.05, 0) is 35.7 Å². The lowest BCUT2D eigenvalue weighted by atomic mass is 10.2. The van der Waals surface area contributed by atoms with Crippen LogP contribution < -0.4 is 5.56 Å². The molecular weight excluding hydrogens is 338 g/mol. The van der Waals surface area contributed by atoms with Crippen LogP contribution >= 0.6 is 15.9 Å². The van der Waals surface area contributed by atoms with Crippen LogP contribution in [-0.4, -0.2) is 15.6 Å². The SMILES string of the molecule is O=C(O)c1ccc(Cn2ccc3ccc(Br)cc3c2=O)o1. The molecule has 0 amide bonds. The first-order valence-electron chi connectivity index (χ1n) is 6.15. The molecule has 0 radical (unpaired) electrons. The number of aromatic carboxylic acids is 1. The number of rotatable bonds is 3. The molecule has 1 N–H and O–H groups in total. The number of carbonyl (C=O) groups is 1. The van der Waals surface area contributed by atoms with Crippen LogP contribution in [0.3, 0.4) is 0 Å². The third-order valence-electron chi connectivity index (χ3n) is 3.14. The number of benzene rings is 1. The van der Waals surface area contributed by atoms with E-state index in [0.717, 1.165) is 9.86 Å². The van der Waals surface area contributed by atoms with Crippen molar-refractivity contribution in [2.75, 3.05) is 0 Å². The van der Waals surface area contributed by atoms with Crippen LogP contribution in [0, 0.1) is 0 Å². The smallest absolute Gasteiger partial charge is 0.371 e. The van der Waals surface area contributed by atoms with Crippen molar-refractivity contribution >= 4 is 32.7 Å². The van der Waals surface area contributed by atoms with E-state index in [1.165, 1.54) is 10.6 Å². The van der Waals surface area contributed by atoms with E-state index in [9.17, 15) is 9.59 Å². The van der Waals surface area contributed by atoms with Gasteiger partial charge in [-0.25, -0.2) is 4.79 Å². The van der Waals surface area contributed by atoms with Crippen molar-refractivity contribution in [3.63, 3.8) is 0 Å². The Balaban J connectivity index is 2.02. The topological polar surface area (TPSA) is 72.4 Å². The van der Waals surface area contributed by atoms with Gasteiger partial charge < -0.3 is 14.1 Å². The first-order valence-corrected chi connectivity index (χ1v) is 6.94. The van der Waals surface area contributed by atoms with Crippen LogP contribution in [0.1, 0.15) is 16.3 Å². The monoisotopic (exact) mass is 347 g/mol. The Hall–Kier alpha value is -2.34. The van der Waals surface area contributed by atoms with Crippen molar-refractivity contribution in [2.24, 2.45) is 0 Å². The van der Waals surface area contributed by atoms with Gasteiger partial charge in [0.05, 0.1) is 6.54 Å². The standard InChI is InChI=1S/C15H10BrNO4/c16-10-2-1-9-5-6-17(14(18)12(9)7-10)8-11-3-4-13(21-11)15(19)20/h1-7H,8H2,(H,19,20). The normalized spacial score (nSPS) is 10.9. The molecule has 5 nitrogen and oxygen atoms in total. The summed E-state index contributed by atoms with van der Waals surface area (Å²) < 4.78 is 7.49. The van der Waals surface area contributed by atoms with Gasteiger partial charge in [0.1, 0.15) is 5.76 Å². The van der Waals surface area contributed by atoms with Gasteiger partial charge in [-0.2, -0.15) is 0 Å². The molecular formula is C15H10BrNO4. The van der Waals surface area contributed by atoms with Crippen LogP contribution in [0.2, 0.25) is 0 Å². The molecule has 2 aromatic heterocycles. The average Bonchev–Trinajstić information content (AvgIpc) is 2.91. The van der Waals surface area contributed by atoms with E-state index >= 15 is 0 Å². The molecule has 0 saturated heterocycles. The third-order valence-corrected chi connectivity index (χ3v) is 3.63. The summed E-state index contributed by atoms with van der Waals surface area (Å²) in [6.07, 6.45) is 1.67. The Bertz CT molecular complexity index is 894. The Morgan fingerprint density at radius 1 is 1.24 bits per heavy atom. The second-order valence-corrected chi connectivity index (χ2v) is 5.47. The number of aromatic nitrogens is 1. The summed E-state index contributed by atoms with van der Waals surface area (Å²) in [6.45, 7) is 0.189. The van der Waals surface area contributed by atoms with Crippen LogP contribution in [0.15, 0.2) is 56.3 Å². The highest BCUT2D eigenvalue weighted by molar-refractivity contribution is 9.10. The highest BCUT2D eigenvalue weighted by Crippen LogP contribution is 2.17. The van der Waals surface area contributed by atoms with Crippen molar-refractivity contribution < 1.29 is 14.3 Å². The second kappa shape index (κ2) is 5.21. The third kappa shape index (κ3) is 2.62. The molecule has 1 aromatic carbocycles. The van der Waals surface area contributed by atoms with E-state index in [-0.39, 0.29) is 17.9 Å². The lowest BCUT2D eigenvalue weighted by Gasteiger charge is -2.05. The summed E-state index contributed by atoms with van der Waals surface area (Å²) in [7, 11) is 0. The fraction of sp³-hybridized carbons (Fsp3) is 0.0667. The van der Waals surface area contributed by atoms with Crippen LogP contribution in [0.5, 0.6) is 0 Å². The minimum atomic E-state index is -1.13. The van der Waals surface area contributed by atoms with Gasteiger partial charge in [0.15, 0.2) is 0 Å². The summed E-state index contributed by atoms with van der Waals surface area (Å²) in [6, 6.07) is 10.3. The molecule has 21 heavy (non-hydrogen) atoms. The zero-order valence-corrected chi connectivity index (χ0v) is 12.3. The number of hydrogen-bond acceptors (Lipinski definition) is 3. The molecule has 0 aliphatic carbocycles. The van der Waals surface area contributed by atoms with Crippen LogP contribution in [0.4, 0.5) is 0 Å². The molecule has 0 saturated carbocycles. The van der Waals surface area contributed by atoms with E-state index in [1.807, 2.05) is 18.2 Å². The van der Waals surface area contributed by atoms with Gasteiger partial charge >= 0.3 is 5.97 Å². The summed E-state index contributed by atoms with van der Waals surface area (Å²) in [4.78, 5) is 23.2. The molecule has 0 bridgehead atoms. The fourth-order valence-electron chi connectivity index (χ4n) is 2.12. The van der Waals surface area contributed by atoms with Crippen molar-refractivity contribution in [3.05, 3.63) is 68.9 Å². The molecule has 3 rings (SSSR count). The zero-order chi connectivity index (χ0) is 15.0. The molecule has 106 valence electrons. The number of furan rings is 1. The Labute approximate surface area is 127 Å². The number of pyridine rings is 1. The zero-order valence-electron chi connectivity index (χ0n) is 10.7. The van der Waals surface area contributed by atoms with Crippen molar-refractivity contribution in [3.8, 4) is 0 Å². The van der Waals surface area contributed by atoms with Gasteiger partial charge in [0.2, 0.25) is 5.76 Å². The number of nitrogens with zero attached hydrogens (tertiary/aromatic N) is 1. The van der Waals surface area contributed by atoms with Crippen molar-refractivity contribution in [1.82, 2.24) is 4.57 Å². The number of carboxylic acid groups (broad SMARTS) is 1. The molecule has 2 heterocycles. The fourth-order valence-corrected chi connectivity index (χ4v) is 2.48. The van der Waals surface area contributed by atoms with Gasteiger partial charge in [0, 0.05) is 16.1 Å². The van der Waals surface area contributed by atoms with Gasteiger partial charge in [0.25, 0.3) is 5.56 Å². The summed E-state index contributed by atoms with van der Waals surface area (Å²) >= 11 is 3.35. The van der Waals surface area contributed by atoms with Crippen LogP contribution in [0.25, 0.3) is 10.8 Å². The number of carboxylic acids is 1. The predicted octanol–water partition coefficient (Wildman–Crippen LogP) is 3.10. The van der Waals surface area contributed by atoms with E-state index in [1.54, 1.807) is 18.3 Å². The number of hydrogen-bond donors (Lipinski definition) is 1. The van der Waals surface area contributed by atoms with E-state index in [0.29, 0.717) is 11.1 Å². The predicted molar refractivity (Wildman–Crippen MR) is 80.7 cm³/mol. The first-order chi connectivity index (χ1) is 10.0. The largest absolute Gasteiger partial charge is 0.475 e. The second-order valence-electron chi connectivity index (χ2n) is 4.55. The van der Waals surface area contributed by atoms with Gasteiger partial charge in [-0.1, -0.05) is 22.0 Å². The highest BCUT2D eigenvalue weighted by Gasteiger charge is 2.10. The number of fused-ring (bicyclic) bond motifs is 1. The Morgan fingerprint density at radius 2 is 2.05 bits per heavy atom. The minimum absolute atomic E-state index is 0.137. The molecule has 0 aliphatic heterocycles. The summed E-state index contributed by atoms with van der Waals surface area (Å²) in [5, 5.41) is 10.3. The molecule has 0 fully saturated rings. The van der Waals surface area contributed by atoms with E-state index < -0.39 is 5.97 Å². The van der Waals surface area contributed by atoms with Crippen molar-refractivity contribution in [1.29, 1.82) is 0 Å². The first kappa shape index (κ1) is 13.6. The molecule has 0 unspecified atom stereocenters. The maximum Gasteiger partial charge on any atom is 0.371 e. The molecule has 0 atom stereocenters. The number of halogens is 1. The van der Waals surface area contributed by atoms with Crippen LogP contribution in [-0.2, 0) is 6.54 Å². The van der Waals surface area contributed by atoms with E-state index in [4.69, 9.17) is 9.52 Å². The lowest BCUT2D eigenvalue weighted by Crippen LogP contribution is -2.19. The summed E-state index contributed by atoms with van der Waals surface area (Å²) in [5.41, 5.74) is -0.151. The quantitative estimate of drug-likeness (QED) is 0.790. The average molecular weight is 348 g/mol. The Kier molecular flexibility index (Phi) is 3.39. The molecule has 3 aromatic rings. The molecule has 6 heteroatoms. The van der Waals surface area contributed by atoms with E-state index in [2.05, 4.69) is 15.9 Å². The molecule has 0 aliphatic rings.